The third-order valence-corrected chi connectivity index (χ3v) is 2.72. The Morgan fingerprint density at radius 1 is 1.18 bits per heavy atom. The molecular formula is C13H19F2NO. The van der Waals surface area contributed by atoms with E-state index in [-0.39, 0.29) is 12.4 Å². The Bertz CT molecular complexity index is 344. The molecule has 0 aliphatic carbocycles. The lowest BCUT2D eigenvalue weighted by Crippen LogP contribution is -2.23. The Balaban J connectivity index is 2.36. The molecule has 0 unspecified atom stereocenters. The van der Waals surface area contributed by atoms with Gasteiger partial charge in [0, 0.05) is 13.2 Å². The molecule has 0 amide bonds. The lowest BCUT2D eigenvalue weighted by atomic mass is 10.1. The maximum absolute atomic E-state index is 13.3. The number of rotatable bonds is 7. The third-order valence-electron chi connectivity index (χ3n) is 2.72. The largest absolute Gasteiger partial charge is 0.396 e. The Morgan fingerprint density at radius 2 is 1.94 bits per heavy atom. The molecule has 0 spiro atoms. The van der Waals surface area contributed by atoms with Gasteiger partial charge in [-0.15, -0.1) is 0 Å². The van der Waals surface area contributed by atoms with Crippen LogP contribution in [0.25, 0.3) is 0 Å². The third kappa shape index (κ3) is 5.24. The van der Waals surface area contributed by atoms with Crippen LogP contribution in [-0.2, 0) is 6.42 Å². The van der Waals surface area contributed by atoms with Crippen molar-refractivity contribution in [1.29, 1.82) is 0 Å². The number of nitrogens with zero attached hydrogens (tertiary/aromatic N) is 1. The first-order valence-corrected chi connectivity index (χ1v) is 5.87. The summed E-state index contributed by atoms with van der Waals surface area (Å²) in [6.45, 7) is 1.75. The highest BCUT2D eigenvalue weighted by Crippen LogP contribution is 2.10. The van der Waals surface area contributed by atoms with Gasteiger partial charge in [-0.25, -0.2) is 8.78 Å². The van der Waals surface area contributed by atoms with Gasteiger partial charge in [-0.2, -0.15) is 0 Å². The summed E-state index contributed by atoms with van der Waals surface area (Å²) in [4.78, 5) is 2.06. The first kappa shape index (κ1) is 14.1. The zero-order valence-corrected chi connectivity index (χ0v) is 10.1. The standard InChI is InChI=1S/C13H19F2NO/c1-16(7-2-3-9-17)8-6-11-10-12(14)4-5-13(11)15/h4-5,10,17H,2-3,6-9H2,1H3. The molecule has 0 aliphatic rings. The molecule has 1 rings (SSSR count). The van der Waals surface area contributed by atoms with Crippen molar-refractivity contribution in [2.75, 3.05) is 26.7 Å². The van der Waals surface area contributed by atoms with Crippen molar-refractivity contribution in [3.63, 3.8) is 0 Å². The van der Waals surface area contributed by atoms with Crippen molar-refractivity contribution in [2.45, 2.75) is 19.3 Å². The monoisotopic (exact) mass is 243 g/mol. The molecular weight excluding hydrogens is 224 g/mol. The molecule has 0 heterocycles. The molecule has 1 N–H and O–H groups in total. The molecule has 0 fully saturated rings. The number of benzene rings is 1. The van der Waals surface area contributed by atoms with Crippen LogP contribution in [0.4, 0.5) is 8.78 Å². The van der Waals surface area contributed by atoms with Crippen LogP contribution >= 0.6 is 0 Å². The van der Waals surface area contributed by atoms with E-state index >= 15 is 0 Å². The Morgan fingerprint density at radius 3 is 2.65 bits per heavy atom. The summed E-state index contributed by atoms with van der Waals surface area (Å²) < 4.78 is 26.2. The number of halogens is 2. The zero-order chi connectivity index (χ0) is 12.7. The molecule has 0 bridgehead atoms. The number of aliphatic hydroxyl groups is 1. The highest BCUT2D eigenvalue weighted by atomic mass is 19.1. The maximum Gasteiger partial charge on any atom is 0.126 e. The summed E-state index contributed by atoms with van der Waals surface area (Å²) in [5.74, 6) is -0.750. The van der Waals surface area contributed by atoms with E-state index < -0.39 is 5.82 Å². The van der Waals surface area contributed by atoms with Gasteiger partial charge >= 0.3 is 0 Å². The Labute approximate surface area is 101 Å². The normalized spacial score (nSPS) is 11.1. The predicted molar refractivity (Wildman–Crippen MR) is 63.9 cm³/mol. The fraction of sp³-hybridized carbons (Fsp3) is 0.538. The number of aliphatic hydroxyl groups excluding tert-OH is 1. The average molecular weight is 243 g/mol. The Kier molecular flexibility index (Phi) is 6.08. The highest BCUT2D eigenvalue weighted by molar-refractivity contribution is 5.18. The van der Waals surface area contributed by atoms with Gasteiger partial charge in [0.25, 0.3) is 0 Å². The summed E-state index contributed by atoms with van der Waals surface area (Å²) in [6, 6.07) is 3.54. The number of hydrogen-bond donors (Lipinski definition) is 1. The van der Waals surface area contributed by atoms with E-state index in [1.807, 2.05) is 7.05 Å². The van der Waals surface area contributed by atoms with Crippen molar-refractivity contribution < 1.29 is 13.9 Å². The van der Waals surface area contributed by atoms with Crippen LogP contribution in [0, 0.1) is 11.6 Å². The van der Waals surface area contributed by atoms with Gasteiger partial charge in [0.2, 0.25) is 0 Å². The van der Waals surface area contributed by atoms with Crippen molar-refractivity contribution >= 4 is 0 Å². The van der Waals surface area contributed by atoms with Crippen LogP contribution < -0.4 is 0 Å². The molecule has 0 saturated heterocycles. The number of unbranched alkanes of at least 4 members (excludes halogenated alkanes) is 1. The van der Waals surface area contributed by atoms with Gasteiger partial charge in [0.05, 0.1) is 0 Å². The molecule has 0 atom stereocenters. The summed E-state index contributed by atoms with van der Waals surface area (Å²) in [5.41, 5.74) is 0.416. The molecule has 2 nitrogen and oxygen atoms in total. The van der Waals surface area contributed by atoms with E-state index in [1.54, 1.807) is 0 Å². The minimum absolute atomic E-state index is 0.201. The van der Waals surface area contributed by atoms with E-state index in [4.69, 9.17) is 5.11 Å². The SMILES string of the molecule is CN(CCCCO)CCc1cc(F)ccc1F. The molecule has 1 aromatic carbocycles. The number of hydrogen-bond acceptors (Lipinski definition) is 2. The fourth-order valence-electron chi connectivity index (χ4n) is 1.65. The summed E-state index contributed by atoms with van der Waals surface area (Å²) >= 11 is 0. The minimum atomic E-state index is -0.399. The molecule has 17 heavy (non-hydrogen) atoms. The van der Waals surface area contributed by atoms with Crippen molar-refractivity contribution in [1.82, 2.24) is 4.90 Å². The maximum atomic E-state index is 13.3. The van der Waals surface area contributed by atoms with Crippen LogP contribution in [-0.4, -0.2) is 36.8 Å². The van der Waals surface area contributed by atoms with E-state index in [9.17, 15) is 8.78 Å². The van der Waals surface area contributed by atoms with Gasteiger partial charge in [0.1, 0.15) is 11.6 Å². The molecule has 0 aliphatic heterocycles. The lowest BCUT2D eigenvalue weighted by molar-refractivity contribution is 0.264. The predicted octanol–water partition coefficient (Wildman–Crippen LogP) is 2.21. The van der Waals surface area contributed by atoms with Gasteiger partial charge < -0.3 is 10.0 Å². The molecule has 0 radical (unpaired) electrons. The van der Waals surface area contributed by atoms with Crippen LogP contribution in [0.3, 0.4) is 0 Å². The van der Waals surface area contributed by atoms with E-state index in [0.717, 1.165) is 31.5 Å². The summed E-state index contributed by atoms with van der Waals surface area (Å²) in [6.07, 6.45) is 2.19. The molecule has 96 valence electrons. The van der Waals surface area contributed by atoms with Gasteiger partial charge in [-0.05, 0) is 56.6 Å². The second kappa shape index (κ2) is 7.35. The van der Waals surface area contributed by atoms with Gasteiger partial charge in [-0.3, -0.25) is 0 Å². The van der Waals surface area contributed by atoms with Crippen LogP contribution in [0.1, 0.15) is 18.4 Å². The van der Waals surface area contributed by atoms with Crippen molar-refractivity contribution in [3.8, 4) is 0 Å². The first-order chi connectivity index (χ1) is 8.13. The van der Waals surface area contributed by atoms with Gasteiger partial charge in [0.15, 0.2) is 0 Å². The van der Waals surface area contributed by atoms with Crippen molar-refractivity contribution in [2.24, 2.45) is 0 Å². The van der Waals surface area contributed by atoms with Crippen molar-refractivity contribution in [3.05, 3.63) is 35.4 Å². The summed E-state index contributed by atoms with van der Waals surface area (Å²) in [7, 11) is 1.94. The molecule has 0 aromatic heterocycles. The minimum Gasteiger partial charge on any atom is -0.396 e. The van der Waals surface area contributed by atoms with Gasteiger partial charge in [-0.1, -0.05) is 0 Å². The van der Waals surface area contributed by atoms with E-state index in [2.05, 4.69) is 4.90 Å². The average Bonchev–Trinajstić information content (AvgIpc) is 2.31. The molecule has 4 heteroatoms. The zero-order valence-electron chi connectivity index (χ0n) is 10.1. The van der Waals surface area contributed by atoms with Crippen LogP contribution in [0.5, 0.6) is 0 Å². The second-order valence-corrected chi connectivity index (χ2v) is 4.22. The quantitative estimate of drug-likeness (QED) is 0.742. The molecule has 1 aromatic rings. The topological polar surface area (TPSA) is 23.5 Å². The molecule has 0 saturated carbocycles. The summed E-state index contributed by atoms with van der Waals surface area (Å²) in [5, 5.41) is 8.64. The first-order valence-electron chi connectivity index (χ1n) is 5.87. The fourth-order valence-corrected chi connectivity index (χ4v) is 1.65. The second-order valence-electron chi connectivity index (χ2n) is 4.22. The Hall–Kier alpha value is -1.00. The van der Waals surface area contributed by atoms with E-state index in [1.165, 1.54) is 6.07 Å². The lowest BCUT2D eigenvalue weighted by Gasteiger charge is -2.16. The van der Waals surface area contributed by atoms with Crippen LogP contribution in [0.2, 0.25) is 0 Å². The highest BCUT2D eigenvalue weighted by Gasteiger charge is 2.05. The van der Waals surface area contributed by atoms with Crippen LogP contribution in [0.15, 0.2) is 18.2 Å². The smallest absolute Gasteiger partial charge is 0.126 e. The number of likely N-dealkylation sites (N-methyl/N-ethyl adjacent to an activating group) is 1. The van der Waals surface area contributed by atoms with E-state index in [0.29, 0.717) is 18.5 Å².